The molecule has 0 spiro atoms. The summed E-state index contributed by atoms with van der Waals surface area (Å²) in [6.45, 7) is 2.22. The van der Waals surface area contributed by atoms with Gasteiger partial charge in [-0.1, -0.05) is 0 Å². The number of nitrogens with zero attached hydrogens (tertiary/aromatic N) is 2. The van der Waals surface area contributed by atoms with Gasteiger partial charge in [0.15, 0.2) is 0 Å². The zero-order valence-corrected chi connectivity index (χ0v) is 14.7. The molecule has 1 atom stereocenters. The molecule has 1 aromatic carbocycles. The Hall–Kier alpha value is -0.590. The number of fused-ring (bicyclic) bond motifs is 1. The van der Waals surface area contributed by atoms with Crippen molar-refractivity contribution < 1.29 is 0 Å². The zero-order valence-electron chi connectivity index (χ0n) is 11.0. The molecule has 0 radical (unpaired) electrons. The molecule has 0 bridgehead atoms. The zero-order chi connectivity index (χ0) is 14.1. The first-order valence-corrected chi connectivity index (χ1v) is 9.00. The first-order valence-electron chi connectivity index (χ1n) is 6.45. The minimum absolute atomic E-state index is 0.282. The summed E-state index contributed by atoms with van der Waals surface area (Å²) in [5.41, 5.74) is 3.56. The second-order valence-electron chi connectivity index (χ2n) is 4.70. The van der Waals surface area contributed by atoms with Crippen LogP contribution in [-0.2, 0) is 6.42 Å². The number of benzene rings is 1. The SMILES string of the molecule is CC(c1ccsc1)n1c(CCCl)nc2cc(I)ccc21. The predicted octanol–water partition coefficient (Wildman–Crippen LogP) is 5.09. The third-order valence-electron chi connectivity index (χ3n) is 3.46. The van der Waals surface area contributed by atoms with E-state index in [1.54, 1.807) is 11.3 Å². The number of aromatic nitrogens is 2. The Bertz CT molecular complexity index is 721. The minimum atomic E-state index is 0.282. The van der Waals surface area contributed by atoms with Crippen molar-refractivity contribution in [1.29, 1.82) is 0 Å². The van der Waals surface area contributed by atoms with Gasteiger partial charge in [-0.25, -0.2) is 4.98 Å². The highest BCUT2D eigenvalue weighted by molar-refractivity contribution is 14.1. The summed E-state index contributed by atoms with van der Waals surface area (Å²) in [6.07, 6.45) is 0.793. The molecule has 0 amide bonds. The van der Waals surface area contributed by atoms with Gasteiger partial charge in [0.05, 0.1) is 17.1 Å². The van der Waals surface area contributed by atoms with Crippen LogP contribution in [0.5, 0.6) is 0 Å². The quantitative estimate of drug-likeness (QED) is 0.428. The molecule has 0 saturated heterocycles. The van der Waals surface area contributed by atoms with Crippen molar-refractivity contribution in [3.05, 3.63) is 50.0 Å². The number of hydrogen-bond donors (Lipinski definition) is 0. The lowest BCUT2D eigenvalue weighted by Gasteiger charge is -2.16. The first kappa shape index (κ1) is 14.4. The lowest BCUT2D eigenvalue weighted by Crippen LogP contribution is -2.10. The molecule has 3 rings (SSSR count). The van der Waals surface area contributed by atoms with E-state index in [9.17, 15) is 0 Å². The number of thiophene rings is 1. The van der Waals surface area contributed by atoms with Crippen molar-refractivity contribution in [1.82, 2.24) is 9.55 Å². The molecule has 0 fully saturated rings. The summed E-state index contributed by atoms with van der Waals surface area (Å²) in [6, 6.07) is 8.88. The molecule has 0 saturated carbocycles. The van der Waals surface area contributed by atoms with Gasteiger partial charge in [-0.05, 0) is 70.1 Å². The van der Waals surface area contributed by atoms with E-state index < -0.39 is 0 Å². The maximum atomic E-state index is 5.94. The van der Waals surface area contributed by atoms with Crippen molar-refractivity contribution in [3.8, 4) is 0 Å². The number of rotatable bonds is 4. The molecule has 2 nitrogen and oxygen atoms in total. The van der Waals surface area contributed by atoms with Crippen molar-refractivity contribution in [2.75, 3.05) is 5.88 Å². The molecular formula is C15H14ClIN2S. The first-order chi connectivity index (χ1) is 9.70. The number of alkyl halides is 1. The fourth-order valence-electron chi connectivity index (χ4n) is 2.48. The van der Waals surface area contributed by atoms with Crippen LogP contribution in [0.4, 0.5) is 0 Å². The molecule has 0 N–H and O–H groups in total. The highest BCUT2D eigenvalue weighted by Gasteiger charge is 2.17. The molecule has 2 heterocycles. The van der Waals surface area contributed by atoms with Gasteiger partial charge in [0.2, 0.25) is 0 Å². The molecule has 0 aliphatic heterocycles. The van der Waals surface area contributed by atoms with Gasteiger partial charge in [-0.3, -0.25) is 0 Å². The predicted molar refractivity (Wildman–Crippen MR) is 95.0 cm³/mol. The van der Waals surface area contributed by atoms with Gasteiger partial charge < -0.3 is 4.57 Å². The molecular weight excluding hydrogens is 403 g/mol. The Balaban J connectivity index is 2.18. The number of aryl methyl sites for hydroxylation is 1. The van der Waals surface area contributed by atoms with Crippen LogP contribution in [0.1, 0.15) is 24.4 Å². The standard InChI is InChI=1S/C15H14ClIN2S/c1-10(11-5-7-20-9-11)19-14-3-2-12(17)8-13(14)18-15(19)4-6-16/h2-3,5,7-10H,4,6H2,1H3. The smallest absolute Gasteiger partial charge is 0.111 e. The van der Waals surface area contributed by atoms with Crippen LogP contribution in [0.25, 0.3) is 11.0 Å². The highest BCUT2D eigenvalue weighted by atomic mass is 127. The Labute approximate surface area is 140 Å². The van der Waals surface area contributed by atoms with Crippen LogP contribution < -0.4 is 0 Å². The number of imidazole rings is 1. The summed E-state index contributed by atoms with van der Waals surface area (Å²) in [7, 11) is 0. The molecule has 2 aromatic heterocycles. The summed E-state index contributed by atoms with van der Waals surface area (Å²) in [5, 5.41) is 4.32. The second kappa shape index (κ2) is 6.03. The van der Waals surface area contributed by atoms with Crippen molar-refractivity contribution >= 4 is 56.6 Å². The van der Waals surface area contributed by atoms with Crippen LogP contribution in [0.15, 0.2) is 35.0 Å². The lowest BCUT2D eigenvalue weighted by molar-refractivity contribution is 0.625. The molecule has 3 aromatic rings. The topological polar surface area (TPSA) is 17.8 Å². The summed E-state index contributed by atoms with van der Waals surface area (Å²) < 4.78 is 3.52. The minimum Gasteiger partial charge on any atom is -0.321 e. The van der Waals surface area contributed by atoms with Gasteiger partial charge in [0, 0.05) is 15.9 Å². The molecule has 20 heavy (non-hydrogen) atoms. The summed E-state index contributed by atoms with van der Waals surface area (Å²) in [4.78, 5) is 4.77. The average molecular weight is 417 g/mol. The van der Waals surface area contributed by atoms with Crippen LogP contribution in [0.3, 0.4) is 0 Å². The number of halogens is 2. The second-order valence-corrected chi connectivity index (χ2v) is 7.11. The van der Waals surface area contributed by atoms with E-state index in [-0.39, 0.29) is 6.04 Å². The fourth-order valence-corrected chi connectivity index (χ4v) is 3.87. The van der Waals surface area contributed by atoms with Gasteiger partial charge in [-0.15, -0.1) is 11.6 Å². The molecule has 0 aliphatic rings. The molecule has 104 valence electrons. The van der Waals surface area contributed by atoms with Crippen molar-refractivity contribution in [3.63, 3.8) is 0 Å². The molecule has 0 aliphatic carbocycles. The van der Waals surface area contributed by atoms with Gasteiger partial charge in [0.1, 0.15) is 5.82 Å². The Morgan fingerprint density at radius 2 is 2.25 bits per heavy atom. The van der Waals surface area contributed by atoms with Crippen LogP contribution in [-0.4, -0.2) is 15.4 Å². The third kappa shape index (κ3) is 2.61. The maximum Gasteiger partial charge on any atom is 0.111 e. The van der Waals surface area contributed by atoms with Crippen LogP contribution in [0.2, 0.25) is 0 Å². The normalized spacial score (nSPS) is 12.9. The van der Waals surface area contributed by atoms with Crippen LogP contribution in [0, 0.1) is 3.57 Å². The molecule has 5 heteroatoms. The highest BCUT2D eigenvalue weighted by Crippen LogP contribution is 2.28. The Morgan fingerprint density at radius 3 is 2.95 bits per heavy atom. The van der Waals surface area contributed by atoms with E-state index >= 15 is 0 Å². The van der Waals surface area contributed by atoms with Crippen molar-refractivity contribution in [2.45, 2.75) is 19.4 Å². The van der Waals surface area contributed by atoms with E-state index in [2.05, 4.69) is 69.1 Å². The average Bonchev–Trinajstić information content (AvgIpc) is 3.05. The Kier molecular flexibility index (Phi) is 4.33. The van der Waals surface area contributed by atoms with Crippen LogP contribution >= 0.6 is 45.5 Å². The van der Waals surface area contributed by atoms with E-state index in [4.69, 9.17) is 16.6 Å². The van der Waals surface area contributed by atoms with E-state index in [1.165, 1.54) is 14.7 Å². The van der Waals surface area contributed by atoms with Crippen molar-refractivity contribution in [2.24, 2.45) is 0 Å². The number of hydrogen-bond acceptors (Lipinski definition) is 2. The van der Waals surface area contributed by atoms with Gasteiger partial charge in [-0.2, -0.15) is 11.3 Å². The van der Waals surface area contributed by atoms with E-state index in [0.29, 0.717) is 5.88 Å². The van der Waals surface area contributed by atoms with E-state index in [0.717, 1.165) is 17.8 Å². The fraction of sp³-hybridized carbons (Fsp3) is 0.267. The molecule has 1 unspecified atom stereocenters. The van der Waals surface area contributed by atoms with E-state index in [1.807, 2.05) is 0 Å². The Morgan fingerprint density at radius 1 is 1.40 bits per heavy atom. The summed E-state index contributed by atoms with van der Waals surface area (Å²) in [5.74, 6) is 1.66. The van der Waals surface area contributed by atoms with Gasteiger partial charge >= 0.3 is 0 Å². The monoisotopic (exact) mass is 416 g/mol. The summed E-state index contributed by atoms with van der Waals surface area (Å²) >= 11 is 10.00. The van der Waals surface area contributed by atoms with Gasteiger partial charge in [0.25, 0.3) is 0 Å². The largest absolute Gasteiger partial charge is 0.321 e. The third-order valence-corrected chi connectivity index (χ3v) is 5.02. The maximum absolute atomic E-state index is 5.94. The lowest BCUT2D eigenvalue weighted by atomic mass is 10.1.